The van der Waals surface area contributed by atoms with Gasteiger partial charge in [0.25, 0.3) is 11.8 Å². The van der Waals surface area contributed by atoms with Crippen molar-refractivity contribution in [3.05, 3.63) is 75.0 Å². The molecule has 0 aliphatic carbocycles. The van der Waals surface area contributed by atoms with E-state index in [1.807, 2.05) is 40.0 Å². The summed E-state index contributed by atoms with van der Waals surface area (Å²) in [6, 6.07) is 12.0. The van der Waals surface area contributed by atoms with Gasteiger partial charge in [0.1, 0.15) is 11.8 Å². The summed E-state index contributed by atoms with van der Waals surface area (Å²) in [4.78, 5) is 30.7. The zero-order valence-corrected chi connectivity index (χ0v) is 24.8. The Bertz CT molecular complexity index is 1390. The lowest BCUT2D eigenvalue weighted by Gasteiger charge is -2.38. The number of carbonyl (C=O) groups is 2. The minimum atomic E-state index is -0.397. The van der Waals surface area contributed by atoms with Crippen LogP contribution in [0.4, 0.5) is 5.69 Å². The normalized spacial score (nSPS) is 18.1. The fourth-order valence-corrected chi connectivity index (χ4v) is 5.21. The standard InChI is InChI=1S/C29H35Cl2N5O4/c1-17-13-36(19(3)16-37)29(39)21-7-6-8-24(32-28(38)25-11-18(2)33-35(25)5)27(21)40-26(17)15-34(4)14-20-9-10-22(30)23(31)12-20/h6-12,17,19,26,37H,13-16H2,1-5H3,(H,32,38)/t17-,19-,26+/m1/s1. The fourth-order valence-electron chi connectivity index (χ4n) is 4.89. The van der Waals surface area contributed by atoms with Gasteiger partial charge in [0.05, 0.1) is 39.6 Å². The number of para-hydroxylation sites is 1. The number of halogens is 2. The van der Waals surface area contributed by atoms with Gasteiger partial charge in [0, 0.05) is 32.6 Å². The quantitative estimate of drug-likeness (QED) is 0.398. The maximum absolute atomic E-state index is 13.7. The van der Waals surface area contributed by atoms with Crippen molar-refractivity contribution < 1.29 is 19.4 Å². The van der Waals surface area contributed by atoms with Gasteiger partial charge in [0.2, 0.25) is 0 Å². The van der Waals surface area contributed by atoms with E-state index in [0.717, 1.165) is 11.3 Å². The average molecular weight is 589 g/mol. The molecule has 9 nitrogen and oxygen atoms in total. The molecule has 0 unspecified atom stereocenters. The highest BCUT2D eigenvalue weighted by molar-refractivity contribution is 6.42. The van der Waals surface area contributed by atoms with Crippen molar-refractivity contribution in [1.29, 1.82) is 0 Å². The van der Waals surface area contributed by atoms with Gasteiger partial charge < -0.3 is 20.1 Å². The number of ether oxygens (including phenoxy) is 1. The Hall–Kier alpha value is -3.11. The van der Waals surface area contributed by atoms with E-state index in [1.165, 1.54) is 4.68 Å². The summed E-state index contributed by atoms with van der Waals surface area (Å²) in [6.45, 7) is 7.00. The van der Waals surface area contributed by atoms with Crippen LogP contribution in [0.1, 0.15) is 46.0 Å². The number of hydrogen-bond donors (Lipinski definition) is 2. The molecular weight excluding hydrogens is 553 g/mol. The third-order valence-corrected chi connectivity index (χ3v) is 7.84. The number of nitrogens with one attached hydrogen (secondary N) is 1. The maximum Gasteiger partial charge on any atom is 0.274 e. The number of fused-ring (bicyclic) bond motifs is 1. The van der Waals surface area contributed by atoms with Crippen molar-refractivity contribution in [2.24, 2.45) is 13.0 Å². The number of anilines is 1. The smallest absolute Gasteiger partial charge is 0.274 e. The average Bonchev–Trinajstić information content (AvgIpc) is 3.25. The van der Waals surface area contributed by atoms with E-state index < -0.39 is 6.04 Å². The lowest BCUT2D eigenvalue weighted by atomic mass is 9.98. The van der Waals surface area contributed by atoms with E-state index in [-0.39, 0.29) is 30.4 Å². The topological polar surface area (TPSA) is 99.9 Å². The van der Waals surface area contributed by atoms with Crippen molar-refractivity contribution in [2.45, 2.75) is 39.5 Å². The monoisotopic (exact) mass is 587 g/mol. The van der Waals surface area contributed by atoms with Crippen LogP contribution in [0.2, 0.25) is 10.0 Å². The third-order valence-electron chi connectivity index (χ3n) is 7.10. The predicted octanol–water partition coefficient (Wildman–Crippen LogP) is 4.64. The fraction of sp³-hybridized carbons (Fsp3) is 0.414. The number of nitrogens with zero attached hydrogens (tertiary/aromatic N) is 4. The van der Waals surface area contributed by atoms with Gasteiger partial charge in [0.15, 0.2) is 5.75 Å². The summed E-state index contributed by atoms with van der Waals surface area (Å²) >= 11 is 12.3. The molecule has 0 fully saturated rings. The molecular formula is C29H35Cl2N5O4. The number of benzene rings is 2. The molecule has 11 heteroatoms. The molecule has 0 saturated carbocycles. The number of likely N-dealkylation sites (N-methyl/N-ethyl adjacent to an activating group) is 1. The van der Waals surface area contributed by atoms with Crippen LogP contribution in [0.25, 0.3) is 0 Å². The molecule has 0 spiro atoms. The molecule has 0 bridgehead atoms. The maximum atomic E-state index is 13.7. The highest BCUT2D eigenvalue weighted by atomic mass is 35.5. The van der Waals surface area contributed by atoms with E-state index in [2.05, 4.69) is 15.3 Å². The van der Waals surface area contributed by atoms with Gasteiger partial charge in [-0.1, -0.05) is 42.3 Å². The summed E-state index contributed by atoms with van der Waals surface area (Å²) in [7, 11) is 3.68. The second kappa shape index (κ2) is 12.6. The Balaban J connectivity index is 1.67. The molecule has 2 N–H and O–H groups in total. The van der Waals surface area contributed by atoms with E-state index in [1.54, 1.807) is 42.3 Å². The van der Waals surface area contributed by atoms with Crippen LogP contribution in [0.15, 0.2) is 42.5 Å². The van der Waals surface area contributed by atoms with Crippen LogP contribution in [0.5, 0.6) is 5.75 Å². The molecule has 0 radical (unpaired) electrons. The van der Waals surface area contributed by atoms with Gasteiger partial charge in [-0.05, 0) is 56.8 Å². The van der Waals surface area contributed by atoms with E-state index in [4.69, 9.17) is 27.9 Å². The number of aromatic nitrogens is 2. The van der Waals surface area contributed by atoms with Crippen LogP contribution in [-0.2, 0) is 13.6 Å². The van der Waals surface area contributed by atoms with Crippen LogP contribution in [-0.4, -0.2) is 75.4 Å². The molecule has 3 atom stereocenters. The Morgan fingerprint density at radius 3 is 2.65 bits per heavy atom. The highest BCUT2D eigenvalue weighted by Crippen LogP contribution is 2.35. The van der Waals surface area contributed by atoms with Crippen LogP contribution in [0, 0.1) is 12.8 Å². The van der Waals surface area contributed by atoms with Crippen molar-refractivity contribution in [1.82, 2.24) is 19.6 Å². The second-order valence-electron chi connectivity index (χ2n) is 10.5. The summed E-state index contributed by atoms with van der Waals surface area (Å²) in [5, 5.41) is 18.1. The van der Waals surface area contributed by atoms with E-state index in [9.17, 15) is 14.7 Å². The van der Waals surface area contributed by atoms with Crippen molar-refractivity contribution in [3.8, 4) is 5.75 Å². The van der Waals surface area contributed by atoms with Crippen LogP contribution in [0.3, 0.4) is 0 Å². The number of amides is 2. The SMILES string of the molecule is Cc1cc(C(=O)Nc2cccc3c2O[C@@H](CN(C)Cc2ccc(Cl)c(Cl)c2)[C@H](C)CN([C@H](C)CO)C3=O)n(C)n1. The van der Waals surface area contributed by atoms with Crippen LogP contribution >= 0.6 is 23.2 Å². The number of aryl methyl sites for hydroxylation is 2. The summed E-state index contributed by atoms with van der Waals surface area (Å²) in [5.74, 6) is -0.421. The number of aliphatic hydroxyl groups excluding tert-OH is 1. The first-order valence-corrected chi connectivity index (χ1v) is 13.9. The Kier molecular flexibility index (Phi) is 9.41. The number of carbonyl (C=O) groups excluding carboxylic acids is 2. The number of hydrogen-bond acceptors (Lipinski definition) is 6. The molecule has 2 aromatic carbocycles. The molecule has 40 heavy (non-hydrogen) atoms. The lowest BCUT2D eigenvalue weighted by molar-refractivity contribution is 0.0343. The number of rotatable bonds is 8. The molecule has 3 aromatic rings. The molecule has 2 amide bonds. The molecule has 214 valence electrons. The van der Waals surface area contributed by atoms with Gasteiger partial charge >= 0.3 is 0 Å². The highest BCUT2D eigenvalue weighted by Gasteiger charge is 2.34. The molecule has 1 aromatic heterocycles. The first kappa shape index (κ1) is 29.9. The summed E-state index contributed by atoms with van der Waals surface area (Å²) in [5.41, 5.74) is 2.81. The Morgan fingerprint density at radius 1 is 1.25 bits per heavy atom. The molecule has 2 heterocycles. The molecule has 0 saturated heterocycles. The van der Waals surface area contributed by atoms with E-state index in [0.29, 0.717) is 52.4 Å². The summed E-state index contributed by atoms with van der Waals surface area (Å²) < 4.78 is 8.11. The summed E-state index contributed by atoms with van der Waals surface area (Å²) in [6.07, 6.45) is -0.343. The van der Waals surface area contributed by atoms with Gasteiger partial charge in [-0.15, -0.1) is 0 Å². The van der Waals surface area contributed by atoms with Crippen molar-refractivity contribution in [2.75, 3.05) is 32.1 Å². The Labute approximate surface area is 244 Å². The minimum absolute atomic E-state index is 0.0918. The Morgan fingerprint density at radius 2 is 2.00 bits per heavy atom. The number of aliphatic hydroxyl groups is 1. The van der Waals surface area contributed by atoms with Crippen molar-refractivity contribution in [3.63, 3.8) is 0 Å². The predicted molar refractivity (Wildman–Crippen MR) is 156 cm³/mol. The van der Waals surface area contributed by atoms with Gasteiger partial charge in [-0.3, -0.25) is 19.2 Å². The van der Waals surface area contributed by atoms with Gasteiger partial charge in [-0.2, -0.15) is 5.10 Å². The zero-order valence-electron chi connectivity index (χ0n) is 23.3. The van der Waals surface area contributed by atoms with Gasteiger partial charge in [-0.25, -0.2) is 0 Å². The molecule has 4 rings (SSSR count). The molecule has 1 aliphatic heterocycles. The third kappa shape index (κ3) is 6.61. The van der Waals surface area contributed by atoms with Crippen molar-refractivity contribution >= 4 is 40.7 Å². The first-order valence-electron chi connectivity index (χ1n) is 13.1. The zero-order chi connectivity index (χ0) is 29.1. The second-order valence-corrected chi connectivity index (χ2v) is 11.3. The first-order chi connectivity index (χ1) is 19.0. The minimum Gasteiger partial charge on any atom is -0.486 e. The largest absolute Gasteiger partial charge is 0.486 e. The van der Waals surface area contributed by atoms with Crippen LogP contribution < -0.4 is 10.1 Å². The van der Waals surface area contributed by atoms with E-state index >= 15 is 0 Å². The lowest BCUT2D eigenvalue weighted by Crippen LogP contribution is -2.49. The molecule has 1 aliphatic rings.